The summed E-state index contributed by atoms with van der Waals surface area (Å²) in [5, 5.41) is 15.2. The molecule has 6 nitrogen and oxygen atoms in total. The Labute approximate surface area is 131 Å². The maximum absolute atomic E-state index is 12.6. The Hall–Kier alpha value is -3.02. The van der Waals surface area contributed by atoms with E-state index < -0.39 is 0 Å². The summed E-state index contributed by atoms with van der Waals surface area (Å²) in [7, 11) is 1.67. The van der Waals surface area contributed by atoms with Crippen molar-refractivity contribution in [1.82, 2.24) is 4.57 Å². The highest BCUT2D eigenvalue weighted by Gasteiger charge is 2.30. The van der Waals surface area contributed by atoms with E-state index in [1.807, 2.05) is 12.1 Å². The van der Waals surface area contributed by atoms with Gasteiger partial charge in [0.1, 0.15) is 22.8 Å². The molecule has 1 N–H and O–H groups in total. The van der Waals surface area contributed by atoms with Crippen LogP contribution in [0, 0.1) is 0 Å². The fourth-order valence-electron chi connectivity index (χ4n) is 2.89. The Morgan fingerprint density at radius 1 is 1.26 bits per heavy atom. The molecule has 1 aliphatic rings. The summed E-state index contributed by atoms with van der Waals surface area (Å²) in [6, 6.07) is 10.8. The highest BCUT2D eigenvalue weighted by Crippen LogP contribution is 2.33. The summed E-state index contributed by atoms with van der Waals surface area (Å²) in [4.78, 5) is 18.0. The molecular formula is C17H14N2O4. The number of furan rings is 1. The highest BCUT2D eigenvalue weighted by molar-refractivity contribution is 6.07. The molecule has 0 fully saturated rings. The minimum atomic E-state index is -0.379. The molecule has 0 spiro atoms. The Morgan fingerprint density at radius 3 is 2.87 bits per heavy atom. The average molecular weight is 310 g/mol. The van der Waals surface area contributed by atoms with Crippen molar-refractivity contribution in [1.29, 1.82) is 0 Å². The van der Waals surface area contributed by atoms with Crippen LogP contribution >= 0.6 is 0 Å². The monoisotopic (exact) mass is 310 g/mol. The first-order chi connectivity index (χ1) is 11.2. The van der Waals surface area contributed by atoms with E-state index in [1.54, 1.807) is 37.6 Å². The van der Waals surface area contributed by atoms with Crippen molar-refractivity contribution >= 4 is 16.6 Å². The second-order valence-corrected chi connectivity index (χ2v) is 5.46. The van der Waals surface area contributed by atoms with Gasteiger partial charge in [-0.15, -0.1) is 0 Å². The van der Waals surface area contributed by atoms with Crippen molar-refractivity contribution in [3.05, 3.63) is 64.3 Å². The molecule has 0 bridgehead atoms. The van der Waals surface area contributed by atoms with Crippen LogP contribution in [0.3, 0.4) is 0 Å². The van der Waals surface area contributed by atoms with Crippen LogP contribution in [0.5, 0.6) is 5.75 Å². The number of aromatic hydroxyl groups is 1. The molecule has 0 aliphatic carbocycles. The lowest BCUT2D eigenvalue weighted by molar-refractivity contribution is 0.0689. The van der Waals surface area contributed by atoms with Gasteiger partial charge in [0.2, 0.25) is 0 Å². The molecular weight excluding hydrogens is 296 g/mol. The van der Waals surface area contributed by atoms with Crippen LogP contribution in [0.1, 0.15) is 23.8 Å². The van der Waals surface area contributed by atoms with Crippen LogP contribution in [-0.2, 0) is 11.9 Å². The van der Waals surface area contributed by atoms with Crippen molar-refractivity contribution in [3.63, 3.8) is 0 Å². The number of aryl methyl sites for hydroxylation is 1. The number of rotatable bonds is 2. The summed E-state index contributed by atoms with van der Waals surface area (Å²) < 4.78 is 6.82. The molecule has 0 amide bonds. The predicted octanol–water partition coefficient (Wildman–Crippen LogP) is 2.70. The van der Waals surface area contributed by atoms with Crippen LogP contribution in [0.2, 0.25) is 0 Å². The Balaban J connectivity index is 1.83. The van der Waals surface area contributed by atoms with E-state index in [0.717, 1.165) is 0 Å². The fraction of sp³-hybridized carbons (Fsp3) is 0.176. The van der Waals surface area contributed by atoms with Crippen molar-refractivity contribution in [2.45, 2.75) is 12.5 Å². The summed E-state index contributed by atoms with van der Waals surface area (Å²) in [5.74, 6) is 0.576. The van der Waals surface area contributed by atoms with Crippen molar-refractivity contribution in [2.24, 2.45) is 12.2 Å². The third-order valence-corrected chi connectivity index (χ3v) is 4.09. The van der Waals surface area contributed by atoms with Gasteiger partial charge in [-0.1, -0.05) is 17.3 Å². The second-order valence-electron chi connectivity index (χ2n) is 5.46. The van der Waals surface area contributed by atoms with Crippen molar-refractivity contribution in [2.75, 3.05) is 0 Å². The maximum atomic E-state index is 12.6. The number of para-hydroxylation sites is 1. The zero-order valence-corrected chi connectivity index (χ0v) is 12.4. The van der Waals surface area contributed by atoms with E-state index in [4.69, 9.17) is 9.25 Å². The smallest absolute Gasteiger partial charge is 0.263 e. The second kappa shape index (κ2) is 5.01. The fourth-order valence-corrected chi connectivity index (χ4v) is 2.89. The van der Waals surface area contributed by atoms with Gasteiger partial charge in [-0.2, -0.15) is 0 Å². The molecule has 3 aromatic rings. The first-order valence-electron chi connectivity index (χ1n) is 7.24. The van der Waals surface area contributed by atoms with E-state index in [-0.39, 0.29) is 23.0 Å². The third kappa shape index (κ3) is 2.03. The third-order valence-electron chi connectivity index (χ3n) is 4.09. The summed E-state index contributed by atoms with van der Waals surface area (Å²) in [6.07, 6.45) is 1.55. The van der Waals surface area contributed by atoms with E-state index in [9.17, 15) is 9.90 Å². The van der Waals surface area contributed by atoms with Gasteiger partial charge >= 0.3 is 0 Å². The standard InChI is InChI=1S/C17H14N2O4/c1-19-12-6-3-2-5-10(12)16(20)15(17(19)21)11-9-14(23-18-11)13-7-4-8-22-13/h2-8,14,20H,9H2,1H3/t14-/m1/s1. The summed E-state index contributed by atoms with van der Waals surface area (Å²) in [5.41, 5.74) is 0.972. The number of nitrogens with zero attached hydrogens (tertiary/aromatic N) is 2. The van der Waals surface area contributed by atoms with E-state index in [1.165, 1.54) is 4.57 Å². The van der Waals surface area contributed by atoms with Gasteiger partial charge in [0.15, 0.2) is 6.10 Å². The Kier molecular flexibility index (Phi) is 2.97. The molecule has 1 atom stereocenters. The molecule has 4 rings (SSSR count). The van der Waals surface area contributed by atoms with E-state index in [2.05, 4.69) is 5.16 Å². The number of fused-ring (bicyclic) bond motifs is 1. The van der Waals surface area contributed by atoms with Crippen LogP contribution in [0.25, 0.3) is 10.9 Å². The molecule has 3 heterocycles. The molecule has 0 saturated carbocycles. The van der Waals surface area contributed by atoms with Gasteiger partial charge in [0.25, 0.3) is 5.56 Å². The van der Waals surface area contributed by atoms with Crippen molar-refractivity contribution in [3.8, 4) is 5.75 Å². The minimum Gasteiger partial charge on any atom is -0.506 e. The number of pyridine rings is 1. The van der Waals surface area contributed by atoms with Crippen LogP contribution in [0.4, 0.5) is 0 Å². The molecule has 116 valence electrons. The van der Waals surface area contributed by atoms with Gasteiger partial charge in [-0.05, 0) is 24.3 Å². The molecule has 23 heavy (non-hydrogen) atoms. The normalized spacial score (nSPS) is 17.3. The first kappa shape index (κ1) is 13.6. The molecule has 0 unspecified atom stereocenters. The van der Waals surface area contributed by atoms with E-state index >= 15 is 0 Å². The summed E-state index contributed by atoms with van der Waals surface area (Å²) >= 11 is 0. The van der Waals surface area contributed by atoms with Gasteiger partial charge < -0.3 is 18.9 Å². The van der Waals surface area contributed by atoms with Crippen molar-refractivity contribution < 1.29 is 14.4 Å². The zero-order valence-electron chi connectivity index (χ0n) is 12.4. The SMILES string of the molecule is Cn1c(=O)c(C2=NO[C@@H](c3ccco3)C2)c(O)c2ccccc21. The summed E-state index contributed by atoms with van der Waals surface area (Å²) in [6.45, 7) is 0. The highest BCUT2D eigenvalue weighted by atomic mass is 16.6. The Morgan fingerprint density at radius 2 is 2.09 bits per heavy atom. The van der Waals surface area contributed by atoms with Gasteiger partial charge in [0.05, 0.1) is 11.8 Å². The number of hydrogen-bond acceptors (Lipinski definition) is 5. The number of aromatic nitrogens is 1. The molecule has 1 aliphatic heterocycles. The van der Waals surface area contributed by atoms with Crippen LogP contribution < -0.4 is 5.56 Å². The maximum Gasteiger partial charge on any atom is 0.263 e. The van der Waals surface area contributed by atoms with Gasteiger partial charge in [-0.25, -0.2) is 0 Å². The first-order valence-corrected chi connectivity index (χ1v) is 7.24. The topological polar surface area (TPSA) is 77.0 Å². The lowest BCUT2D eigenvalue weighted by Crippen LogP contribution is -2.24. The molecule has 0 saturated heterocycles. The molecule has 0 radical (unpaired) electrons. The van der Waals surface area contributed by atoms with Gasteiger partial charge in [-0.3, -0.25) is 4.79 Å². The molecule has 6 heteroatoms. The predicted molar refractivity (Wildman–Crippen MR) is 84.5 cm³/mol. The zero-order chi connectivity index (χ0) is 16.0. The quantitative estimate of drug-likeness (QED) is 0.789. The Bertz CT molecular complexity index is 970. The molecule has 2 aromatic heterocycles. The number of benzene rings is 1. The average Bonchev–Trinajstić information content (AvgIpc) is 3.24. The lowest BCUT2D eigenvalue weighted by atomic mass is 10.0. The van der Waals surface area contributed by atoms with E-state index in [0.29, 0.717) is 28.8 Å². The minimum absolute atomic E-state index is 0.0638. The molecule has 1 aromatic carbocycles. The van der Waals surface area contributed by atoms with Gasteiger partial charge in [0, 0.05) is 18.9 Å². The number of oxime groups is 1. The van der Waals surface area contributed by atoms with Crippen LogP contribution in [0.15, 0.2) is 57.0 Å². The number of hydrogen-bond donors (Lipinski definition) is 1. The van der Waals surface area contributed by atoms with Crippen LogP contribution in [-0.4, -0.2) is 15.4 Å². The lowest BCUT2D eigenvalue weighted by Gasteiger charge is -2.11. The largest absolute Gasteiger partial charge is 0.506 e.